The number of pyridine rings is 1. The Labute approximate surface area is 143 Å². The number of aliphatic hydroxyl groups is 2. The number of nitrogens with zero attached hydrogens (tertiary/aromatic N) is 4. The monoisotopic (exact) mass is 342 g/mol. The van der Waals surface area contributed by atoms with E-state index in [1.54, 1.807) is 18.5 Å². The number of β-amino-alcohol motifs (C(OH)–C–C–N with tert-alkyl or cyclic N) is 1. The lowest BCUT2D eigenvalue weighted by Crippen LogP contribution is -2.24. The molecule has 1 aliphatic rings. The van der Waals surface area contributed by atoms with Gasteiger partial charge in [-0.05, 0) is 30.7 Å². The second-order valence-corrected chi connectivity index (χ2v) is 6.05. The van der Waals surface area contributed by atoms with Gasteiger partial charge in [-0.1, -0.05) is 5.16 Å². The smallest absolute Gasteiger partial charge is 0.244 e. The second kappa shape index (κ2) is 6.75. The molecule has 8 nitrogen and oxygen atoms in total. The molecule has 0 unspecified atom stereocenters. The van der Waals surface area contributed by atoms with Crippen molar-refractivity contribution in [2.75, 3.05) is 6.54 Å². The summed E-state index contributed by atoms with van der Waals surface area (Å²) in [6, 6.07) is 7.01. The third-order valence-corrected chi connectivity index (χ3v) is 4.28. The molecular weight excluding hydrogens is 324 g/mol. The Balaban J connectivity index is 1.54. The van der Waals surface area contributed by atoms with E-state index in [9.17, 15) is 5.11 Å². The molecule has 0 spiro atoms. The van der Waals surface area contributed by atoms with Crippen LogP contribution in [-0.4, -0.2) is 42.9 Å². The van der Waals surface area contributed by atoms with Crippen LogP contribution in [0.2, 0.25) is 0 Å². The molecule has 0 aromatic carbocycles. The molecule has 2 atom stereocenters. The van der Waals surface area contributed by atoms with Gasteiger partial charge < -0.3 is 19.2 Å². The molecule has 4 rings (SSSR count). The first kappa shape index (κ1) is 15.9. The molecule has 0 saturated carbocycles. The van der Waals surface area contributed by atoms with Gasteiger partial charge in [0.1, 0.15) is 18.1 Å². The van der Waals surface area contributed by atoms with Crippen LogP contribution in [0.15, 0.2) is 45.6 Å². The molecular formula is C17H18N4O4. The van der Waals surface area contributed by atoms with E-state index in [2.05, 4.69) is 15.1 Å². The molecule has 0 amide bonds. The summed E-state index contributed by atoms with van der Waals surface area (Å²) in [6.45, 7) is 0.854. The fourth-order valence-corrected chi connectivity index (χ4v) is 3.09. The lowest BCUT2D eigenvalue weighted by atomic mass is 10.2. The van der Waals surface area contributed by atoms with E-state index in [-0.39, 0.29) is 12.6 Å². The van der Waals surface area contributed by atoms with E-state index in [0.29, 0.717) is 37.0 Å². The number of rotatable bonds is 5. The van der Waals surface area contributed by atoms with Gasteiger partial charge in [0.15, 0.2) is 0 Å². The molecule has 0 bridgehead atoms. The molecule has 0 radical (unpaired) electrons. The highest BCUT2D eigenvalue weighted by atomic mass is 16.5. The Morgan fingerprint density at radius 3 is 2.72 bits per heavy atom. The summed E-state index contributed by atoms with van der Waals surface area (Å²) in [5.41, 5.74) is 0.828. The zero-order valence-electron chi connectivity index (χ0n) is 13.4. The standard InChI is InChI=1S/C17H18N4O4/c22-10-14-2-1-13(24-14)9-21-8-12(23)7-15(21)17-19-16(20-25-17)11-3-5-18-6-4-11/h1-6,12,15,22-23H,7-10H2/t12-,15+/m1/s1. The van der Waals surface area contributed by atoms with Gasteiger partial charge in [0.25, 0.3) is 0 Å². The van der Waals surface area contributed by atoms with Crippen molar-refractivity contribution in [2.24, 2.45) is 0 Å². The molecule has 3 aromatic heterocycles. The number of aromatic nitrogens is 3. The largest absolute Gasteiger partial charge is 0.462 e. The number of hydrogen-bond donors (Lipinski definition) is 2. The van der Waals surface area contributed by atoms with Gasteiger partial charge >= 0.3 is 0 Å². The van der Waals surface area contributed by atoms with Crippen molar-refractivity contribution in [3.8, 4) is 11.4 Å². The summed E-state index contributed by atoms with van der Waals surface area (Å²) in [7, 11) is 0. The van der Waals surface area contributed by atoms with E-state index >= 15 is 0 Å². The molecule has 1 aliphatic heterocycles. The molecule has 4 heterocycles. The number of likely N-dealkylation sites (tertiary alicyclic amines) is 1. The minimum atomic E-state index is -0.464. The van der Waals surface area contributed by atoms with Gasteiger partial charge in [0.05, 0.1) is 18.7 Å². The van der Waals surface area contributed by atoms with Crippen LogP contribution in [0.25, 0.3) is 11.4 Å². The predicted octanol–water partition coefficient (Wildman–Crippen LogP) is 1.52. The molecule has 1 saturated heterocycles. The zero-order chi connectivity index (χ0) is 17.2. The maximum atomic E-state index is 10.1. The Kier molecular flexibility index (Phi) is 4.31. The molecule has 3 aromatic rings. The lowest BCUT2D eigenvalue weighted by Gasteiger charge is -2.19. The molecule has 1 fully saturated rings. The highest BCUT2D eigenvalue weighted by Crippen LogP contribution is 2.33. The van der Waals surface area contributed by atoms with E-state index < -0.39 is 6.10 Å². The number of hydrogen-bond acceptors (Lipinski definition) is 8. The fraction of sp³-hybridized carbons (Fsp3) is 0.353. The van der Waals surface area contributed by atoms with Gasteiger partial charge in [-0.25, -0.2) is 0 Å². The van der Waals surface area contributed by atoms with Gasteiger partial charge in [-0.3, -0.25) is 9.88 Å². The molecule has 8 heteroatoms. The van der Waals surface area contributed by atoms with Crippen molar-refractivity contribution in [2.45, 2.75) is 31.7 Å². The Morgan fingerprint density at radius 1 is 1.16 bits per heavy atom. The average Bonchev–Trinajstić information content (AvgIpc) is 3.36. The Bertz CT molecular complexity index is 832. The highest BCUT2D eigenvalue weighted by Gasteiger charge is 2.36. The first-order chi connectivity index (χ1) is 12.2. The maximum Gasteiger partial charge on any atom is 0.244 e. The molecule has 130 valence electrons. The summed E-state index contributed by atoms with van der Waals surface area (Å²) in [6.07, 6.45) is 3.40. The maximum absolute atomic E-state index is 10.1. The zero-order valence-corrected chi connectivity index (χ0v) is 13.4. The minimum Gasteiger partial charge on any atom is -0.462 e. The average molecular weight is 342 g/mol. The van der Waals surface area contributed by atoms with Gasteiger partial charge in [-0.2, -0.15) is 4.98 Å². The van der Waals surface area contributed by atoms with E-state index in [4.69, 9.17) is 14.0 Å². The Morgan fingerprint density at radius 2 is 1.96 bits per heavy atom. The number of aliphatic hydroxyl groups excluding tert-OH is 2. The van der Waals surface area contributed by atoms with Crippen LogP contribution in [0.1, 0.15) is 29.9 Å². The van der Waals surface area contributed by atoms with Crippen LogP contribution in [0, 0.1) is 0 Å². The van der Waals surface area contributed by atoms with Crippen LogP contribution in [0.3, 0.4) is 0 Å². The van der Waals surface area contributed by atoms with Crippen molar-refractivity contribution in [1.29, 1.82) is 0 Å². The Hall–Kier alpha value is -2.55. The molecule has 0 aliphatic carbocycles. The van der Waals surface area contributed by atoms with Gasteiger partial charge in [-0.15, -0.1) is 0 Å². The summed E-state index contributed by atoms with van der Waals surface area (Å²) >= 11 is 0. The molecule has 25 heavy (non-hydrogen) atoms. The van der Waals surface area contributed by atoms with Crippen molar-refractivity contribution < 1.29 is 19.2 Å². The third-order valence-electron chi connectivity index (χ3n) is 4.28. The highest BCUT2D eigenvalue weighted by molar-refractivity contribution is 5.52. The minimum absolute atomic E-state index is 0.134. The van der Waals surface area contributed by atoms with E-state index in [1.807, 2.05) is 23.1 Å². The summed E-state index contributed by atoms with van der Waals surface area (Å²) in [5.74, 6) is 2.21. The van der Waals surface area contributed by atoms with E-state index in [0.717, 1.165) is 11.3 Å². The summed E-state index contributed by atoms with van der Waals surface area (Å²) in [4.78, 5) is 10.5. The SMILES string of the molecule is OCc1ccc(CN2C[C@H](O)C[C@H]2c2nc(-c3ccncc3)no2)o1. The fourth-order valence-electron chi connectivity index (χ4n) is 3.09. The van der Waals surface area contributed by atoms with Crippen LogP contribution in [0.5, 0.6) is 0 Å². The molecule has 2 N–H and O–H groups in total. The number of furan rings is 1. The van der Waals surface area contributed by atoms with Crippen molar-refractivity contribution in [1.82, 2.24) is 20.0 Å². The first-order valence-electron chi connectivity index (χ1n) is 8.07. The van der Waals surface area contributed by atoms with Crippen LogP contribution in [0.4, 0.5) is 0 Å². The first-order valence-corrected chi connectivity index (χ1v) is 8.07. The van der Waals surface area contributed by atoms with Crippen LogP contribution in [-0.2, 0) is 13.2 Å². The van der Waals surface area contributed by atoms with Gasteiger partial charge in [0.2, 0.25) is 11.7 Å². The van der Waals surface area contributed by atoms with E-state index in [1.165, 1.54) is 0 Å². The quantitative estimate of drug-likeness (QED) is 0.718. The van der Waals surface area contributed by atoms with Crippen molar-refractivity contribution in [3.63, 3.8) is 0 Å². The lowest BCUT2D eigenvalue weighted by molar-refractivity contribution is 0.160. The topological polar surface area (TPSA) is 109 Å². The normalized spacial score (nSPS) is 21.0. The summed E-state index contributed by atoms with van der Waals surface area (Å²) in [5, 5.41) is 23.2. The summed E-state index contributed by atoms with van der Waals surface area (Å²) < 4.78 is 11.0. The van der Waals surface area contributed by atoms with Crippen molar-refractivity contribution >= 4 is 0 Å². The van der Waals surface area contributed by atoms with Crippen LogP contribution >= 0.6 is 0 Å². The predicted molar refractivity (Wildman–Crippen MR) is 85.9 cm³/mol. The van der Waals surface area contributed by atoms with Gasteiger partial charge in [0, 0.05) is 24.5 Å². The second-order valence-electron chi connectivity index (χ2n) is 6.05. The van der Waals surface area contributed by atoms with Crippen molar-refractivity contribution in [3.05, 3.63) is 54.1 Å². The third kappa shape index (κ3) is 3.32. The van der Waals surface area contributed by atoms with Crippen LogP contribution < -0.4 is 0 Å².